The van der Waals surface area contributed by atoms with Crippen molar-refractivity contribution in [2.75, 3.05) is 32.1 Å². The molecular formula is C18H22N4O2. The van der Waals surface area contributed by atoms with Crippen molar-refractivity contribution in [1.82, 2.24) is 14.9 Å². The zero-order valence-corrected chi connectivity index (χ0v) is 13.9. The Balaban J connectivity index is 1.53. The minimum Gasteiger partial charge on any atom is -0.497 e. The molecule has 0 atom stereocenters. The van der Waals surface area contributed by atoms with Crippen LogP contribution in [0, 0.1) is 0 Å². The average Bonchev–Trinajstić information content (AvgIpc) is 3.04. The number of nitrogens with zero attached hydrogens (tertiary/aromatic N) is 3. The third kappa shape index (κ3) is 4.01. The van der Waals surface area contributed by atoms with Crippen LogP contribution in [0.1, 0.15) is 19.3 Å². The predicted octanol–water partition coefficient (Wildman–Crippen LogP) is 2.58. The van der Waals surface area contributed by atoms with Crippen LogP contribution in [-0.4, -0.2) is 47.5 Å². The summed E-state index contributed by atoms with van der Waals surface area (Å²) in [5.74, 6) is 2.56. The highest BCUT2D eigenvalue weighted by molar-refractivity contribution is 5.78. The van der Waals surface area contributed by atoms with E-state index in [4.69, 9.17) is 4.74 Å². The van der Waals surface area contributed by atoms with Gasteiger partial charge in [-0.15, -0.1) is 0 Å². The van der Waals surface area contributed by atoms with Crippen molar-refractivity contribution in [1.29, 1.82) is 0 Å². The van der Waals surface area contributed by atoms with E-state index in [0.29, 0.717) is 12.2 Å². The Bertz CT molecular complexity index is 688. The fraction of sp³-hybridized carbons (Fsp3) is 0.389. The maximum Gasteiger partial charge on any atom is 0.222 e. The number of carbonyl (C=O) groups is 1. The van der Waals surface area contributed by atoms with Crippen molar-refractivity contribution >= 4 is 11.7 Å². The number of benzene rings is 1. The van der Waals surface area contributed by atoms with Gasteiger partial charge in [-0.3, -0.25) is 4.79 Å². The topological polar surface area (TPSA) is 67.3 Å². The Labute approximate surface area is 141 Å². The second-order valence-corrected chi connectivity index (χ2v) is 5.76. The fourth-order valence-electron chi connectivity index (χ4n) is 2.76. The smallest absolute Gasteiger partial charge is 0.222 e. The van der Waals surface area contributed by atoms with E-state index in [0.717, 1.165) is 49.6 Å². The number of hydrogen-bond acceptors (Lipinski definition) is 5. The van der Waals surface area contributed by atoms with Gasteiger partial charge in [0.1, 0.15) is 11.6 Å². The highest BCUT2D eigenvalue weighted by Crippen LogP contribution is 2.20. The Morgan fingerprint density at radius 3 is 2.79 bits per heavy atom. The summed E-state index contributed by atoms with van der Waals surface area (Å²) in [6, 6.07) is 9.53. The van der Waals surface area contributed by atoms with Crippen molar-refractivity contribution in [3.8, 4) is 17.1 Å². The molecule has 24 heavy (non-hydrogen) atoms. The van der Waals surface area contributed by atoms with Gasteiger partial charge in [0.05, 0.1) is 7.11 Å². The first-order chi connectivity index (χ1) is 11.8. The van der Waals surface area contributed by atoms with Gasteiger partial charge in [-0.2, -0.15) is 0 Å². The molecule has 0 spiro atoms. The van der Waals surface area contributed by atoms with Crippen molar-refractivity contribution in [3.05, 3.63) is 36.5 Å². The molecule has 1 aromatic heterocycles. The normalized spacial score (nSPS) is 14.0. The summed E-state index contributed by atoms with van der Waals surface area (Å²) in [5.41, 5.74) is 0.946. The number of hydrogen-bond donors (Lipinski definition) is 1. The van der Waals surface area contributed by atoms with E-state index < -0.39 is 0 Å². The number of anilines is 1. The van der Waals surface area contributed by atoms with E-state index in [1.165, 1.54) is 0 Å². The first kappa shape index (κ1) is 16.2. The van der Waals surface area contributed by atoms with Crippen LogP contribution in [0.25, 0.3) is 11.4 Å². The number of amides is 1. The number of carbonyl (C=O) groups excluding carboxylic acids is 1. The van der Waals surface area contributed by atoms with Gasteiger partial charge in [-0.05, 0) is 43.2 Å². The van der Waals surface area contributed by atoms with Crippen LogP contribution < -0.4 is 10.1 Å². The minimum atomic E-state index is 0.277. The van der Waals surface area contributed by atoms with Crippen molar-refractivity contribution in [2.24, 2.45) is 0 Å². The van der Waals surface area contributed by atoms with Crippen LogP contribution in [0.5, 0.6) is 5.75 Å². The maximum atomic E-state index is 11.6. The number of likely N-dealkylation sites (tertiary alicyclic amines) is 1. The van der Waals surface area contributed by atoms with E-state index in [1.54, 1.807) is 13.3 Å². The van der Waals surface area contributed by atoms with Crippen LogP contribution in [0.2, 0.25) is 0 Å². The molecule has 126 valence electrons. The SMILES string of the molecule is COc1ccc(-c2nccc(NCCCN3CCCC3=O)n2)cc1. The van der Waals surface area contributed by atoms with Gasteiger partial charge in [0, 0.05) is 37.8 Å². The monoisotopic (exact) mass is 326 g/mol. The molecule has 2 heterocycles. The van der Waals surface area contributed by atoms with Crippen molar-refractivity contribution < 1.29 is 9.53 Å². The minimum absolute atomic E-state index is 0.277. The van der Waals surface area contributed by atoms with Crippen LogP contribution in [0.15, 0.2) is 36.5 Å². The first-order valence-corrected chi connectivity index (χ1v) is 8.25. The van der Waals surface area contributed by atoms with Crippen molar-refractivity contribution in [2.45, 2.75) is 19.3 Å². The maximum absolute atomic E-state index is 11.6. The van der Waals surface area contributed by atoms with Gasteiger partial charge in [0.25, 0.3) is 0 Å². The average molecular weight is 326 g/mol. The van der Waals surface area contributed by atoms with E-state index in [-0.39, 0.29) is 5.91 Å². The number of rotatable bonds is 7. The van der Waals surface area contributed by atoms with Gasteiger partial charge < -0.3 is 15.0 Å². The molecule has 3 rings (SSSR count). The molecular weight excluding hydrogens is 304 g/mol. The Hall–Kier alpha value is -2.63. The van der Waals surface area contributed by atoms with E-state index in [9.17, 15) is 4.79 Å². The summed E-state index contributed by atoms with van der Waals surface area (Å²) in [6.45, 7) is 2.49. The van der Waals surface area contributed by atoms with Crippen LogP contribution >= 0.6 is 0 Å². The Morgan fingerprint density at radius 1 is 1.25 bits per heavy atom. The van der Waals surface area contributed by atoms with Gasteiger partial charge in [0.15, 0.2) is 5.82 Å². The Kier molecular flexibility index (Phi) is 5.25. The summed E-state index contributed by atoms with van der Waals surface area (Å²) < 4.78 is 5.16. The van der Waals surface area contributed by atoms with E-state index >= 15 is 0 Å². The van der Waals surface area contributed by atoms with E-state index in [1.807, 2.05) is 35.2 Å². The number of aromatic nitrogens is 2. The second kappa shape index (κ2) is 7.77. The third-order valence-electron chi connectivity index (χ3n) is 4.09. The fourth-order valence-corrected chi connectivity index (χ4v) is 2.76. The summed E-state index contributed by atoms with van der Waals surface area (Å²) >= 11 is 0. The lowest BCUT2D eigenvalue weighted by molar-refractivity contribution is -0.127. The second-order valence-electron chi connectivity index (χ2n) is 5.76. The summed E-state index contributed by atoms with van der Waals surface area (Å²) in [4.78, 5) is 22.4. The van der Waals surface area contributed by atoms with Crippen molar-refractivity contribution in [3.63, 3.8) is 0 Å². The standard InChI is InChI=1S/C18H22N4O2/c1-24-15-7-5-14(6-8-15)18-20-11-9-16(21-18)19-10-3-13-22-12-2-4-17(22)23/h5-9,11H,2-4,10,12-13H2,1H3,(H,19,20,21). The molecule has 0 unspecified atom stereocenters. The lowest BCUT2D eigenvalue weighted by atomic mass is 10.2. The van der Waals surface area contributed by atoms with Crippen LogP contribution in [-0.2, 0) is 4.79 Å². The molecule has 0 aliphatic carbocycles. The van der Waals surface area contributed by atoms with Gasteiger partial charge in [-0.1, -0.05) is 0 Å². The summed E-state index contributed by atoms with van der Waals surface area (Å²) in [7, 11) is 1.64. The molecule has 1 amide bonds. The van der Waals surface area contributed by atoms with Crippen LogP contribution in [0.4, 0.5) is 5.82 Å². The van der Waals surface area contributed by atoms with Gasteiger partial charge in [-0.25, -0.2) is 9.97 Å². The molecule has 0 radical (unpaired) electrons. The largest absolute Gasteiger partial charge is 0.497 e. The molecule has 0 saturated carbocycles. The quantitative estimate of drug-likeness (QED) is 0.792. The predicted molar refractivity (Wildman–Crippen MR) is 92.9 cm³/mol. The molecule has 1 aliphatic heterocycles. The third-order valence-corrected chi connectivity index (χ3v) is 4.09. The number of ether oxygens (including phenoxy) is 1. The van der Waals surface area contributed by atoms with Crippen LogP contribution in [0.3, 0.4) is 0 Å². The number of methoxy groups -OCH3 is 1. The van der Waals surface area contributed by atoms with Gasteiger partial charge >= 0.3 is 0 Å². The zero-order chi connectivity index (χ0) is 16.8. The highest BCUT2D eigenvalue weighted by atomic mass is 16.5. The first-order valence-electron chi connectivity index (χ1n) is 8.25. The Morgan fingerprint density at radius 2 is 2.08 bits per heavy atom. The lowest BCUT2D eigenvalue weighted by Crippen LogP contribution is -2.27. The molecule has 6 nitrogen and oxygen atoms in total. The lowest BCUT2D eigenvalue weighted by Gasteiger charge is -2.15. The molecule has 1 fully saturated rings. The molecule has 0 bridgehead atoms. The summed E-state index contributed by atoms with van der Waals surface area (Å²) in [6.07, 6.45) is 4.35. The molecule has 1 aromatic carbocycles. The summed E-state index contributed by atoms with van der Waals surface area (Å²) in [5, 5.41) is 3.30. The zero-order valence-electron chi connectivity index (χ0n) is 13.9. The highest BCUT2D eigenvalue weighted by Gasteiger charge is 2.18. The molecule has 1 N–H and O–H groups in total. The molecule has 1 aliphatic rings. The number of nitrogens with one attached hydrogen (secondary N) is 1. The molecule has 6 heteroatoms. The van der Waals surface area contributed by atoms with Gasteiger partial charge in [0.2, 0.25) is 5.91 Å². The molecule has 1 saturated heterocycles. The van der Waals surface area contributed by atoms with E-state index in [2.05, 4.69) is 15.3 Å². The molecule has 2 aromatic rings.